The fraction of sp³-hybridized carbons (Fsp3) is 0.421. The molecule has 8 aromatic rings. The fourth-order valence-electron chi connectivity index (χ4n) is 9.25. The average Bonchev–Trinajstić information content (AvgIpc) is 4.32. The zero-order valence-electron chi connectivity index (χ0n) is 47.7. The number of nitrogens with zero attached hydrogens (tertiary/aromatic N) is 11. The van der Waals surface area contributed by atoms with E-state index in [9.17, 15) is 24.0 Å². The molecule has 0 aliphatic carbocycles. The maximum atomic E-state index is 14.1. The number of primary amides is 2. The number of hydrogen-bond donors (Lipinski definition) is 3. The van der Waals surface area contributed by atoms with Gasteiger partial charge in [-0.2, -0.15) is 15.3 Å². The van der Waals surface area contributed by atoms with Crippen molar-refractivity contribution in [2.45, 2.75) is 113 Å². The van der Waals surface area contributed by atoms with Crippen LogP contribution in [-0.2, 0) is 56.5 Å². The summed E-state index contributed by atoms with van der Waals surface area (Å²) >= 11 is 0. The van der Waals surface area contributed by atoms with Crippen LogP contribution >= 0.6 is 0 Å². The van der Waals surface area contributed by atoms with Gasteiger partial charge >= 0.3 is 11.9 Å². The predicted octanol–water partition coefficient (Wildman–Crippen LogP) is 6.65. The second kappa shape index (κ2) is 26.1. The molecule has 434 valence electrons. The molecule has 25 heteroatoms. The highest BCUT2D eigenvalue weighted by Crippen LogP contribution is 2.37. The van der Waals surface area contributed by atoms with Crippen LogP contribution in [0.15, 0.2) is 60.8 Å². The van der Waals surface area contributed by atoms with Crippen molar-refractivity contribution in [2.75, 3.05) is 51.6 Å². The molecule has 8 rings (SSSR count). The van der Waals surface area contributed by atoms with Crippen molar-refractivity contribution < 1.29 is 52.4 Å². The van der Waals surface area contributed by atoms with Crippen LogP contribution in [0.5, 0.6) is 11.5 Å². The number of ether oxygens (including phenoxy) is 6. The number of amides is 3. The number of allylic oxidation sites excluding steroid dienone is 2. The molecule has 5 N–H and O–H groups in total. The second-order valence-corrected chi connectivity index (χ2v) is 20.2. The Morgan fingerprint density at radius 3 is 1.89 bits per heavy atom. The Labute approximate surface area is 472 Å². The lowest BCUT2D eigenvalue weighted by Crippen LogP contribution is -2.24. The van der Waals surface area contributed by atoms with Crippen LogP contribution in [0.4, 0.5) is 5.95 Å². The number of rotatable bonds is 28. The van der Waals surface area contributed by atoms with Crippen LogP contribution in [0.25, 0.3) is 44.5 Å². The number of hydrogen-bond acceptors (Lipinski definition) is 17. The lowest BCUT2D eigenvalue weighted by atomic mass is 10.1. The third kappa shape index (κ3) is 13.9. The number of fused-ring (bicyclic) bond motifs is 4. The van der Waals surface area contributed by atoms with Crippen molar-refractivity contribution in [1.29, 1.82) is 0 Å². The number of imidazole rings is 1. The Morgan fingerprint density at radius 2 is 1.22 bits per heavy atom. The van der Waals surface area contributed by atoms with Crippen LogP contribution in [-0.4, -0.2) is 135 Å². The fourth-order valence-corrected chi connectivity index (χ4v) is 9.25. The summed E-state index contributed by atoms with van der Waals surface area (Å²) in [5, 5.41) is 17.6. The van der Waals surface area contributed by atoms with Gasteiger partial charge in [-0.3, -0.25) is 38.5 Å². The molecule has 0 unspecified atom stereocenters. The van der Waals surface area contributed by atoms with Gasteiger partial charge in [0.1, 0.15) is 52.0 Å². The average molecular weight is 1130 g/mol. The van der Waals surface area contributed by atoms with Crippen molar-refractivity contribution >= 4 is 68.6 Å². The lowest BCUT2D eigenvalue weighted by molar-refractivity contribution is -0.156. The van der Waals surface area contributed by atoms with E-state index in [1.807, 2.05) is 55.2 Å². The van der Waals surface area contributed by atoms with Crippen LogP contribution in [0.3, 0.4) is 0 Å². The molecule has 2 aromatic carbocycles. The molecule has 0 bridgehead atoms. The molecular formula is C57H70N14O11. The number of nitrogens with two attached hydrogens (primary N) is 2. The first kappa shape index (κ1) is 59.2. The molecule has 6 heterocycles. The summed E-state index contributed by atoms with van der Waals surface area (Å²) in [5.41, 5.74) is 16.9. The standard InChI is InChI=1S/C57H70N14O11/c1-10-69-42(26-34(4)64-69)52-60-33-40-39-29-37(50(58)73)31-45(80-25-24-78-23-22-77-21-16-47(72)82-57(7,8)9)48(39)67(53(40)62-52)17-13-14-18-68-49-41(61-56(68)63-54(75)43-27-35(5)65-70(43)11-2)30-38(51(59)74)32-46(49)79-19-15-20-81-55(76)44-28-36(6)66-71(44)12-3/h13-14,26-33H,10-12,15-25H2,1-9H3,(H2,58,73)(H2,59,74)(H,61,63,75). The zero-order chi connectivity index (χ0) is 58.8. The summed E-state index contributed by atoms with van der Waals surface area (Å²) < 4.78 is 43.8. The van der Waals surface area contributed by atoms with Gasteiger partial charge in [-0.25, -0.2) is 19.7 Å². The van der Waals surface area contributed by atoms with Crippen molar-refractivity contribution in [1.82, 2.24) is 53.4 Å². The van der Waals surface area contributed by atoms with E-state index in [1.54, 1.807) is 79.0 Å². The highest BCUT2D eigenvalue weighted by molar-refractivity contribution is 6.12. The molecule has 0 aliphatic heterocycles. The van der Waals surface area contributed by atoms with Crippen LogP contribution in [0.1, 0.15) is 113 Å². The maximum absolute atomic E-state index is 14.1. The second-order valence-electron chi connectivity index (χ2n) is 20.2. The summed E-state index contributed by atoms with van der Waals surface area (Å²) in [6.45, 7) is 19.4. The monoisotopic (exact) mass is 1130 g/mol. The van der Waals surface area contributed by atoms with E-state index >= 15 is 0 Å². The quantitative estimate of drug-likeness (QED) is 0.0262. The van der Waals surface area contributed by atoms with Crippen molar-refractivity contribution in [3.8, 4) is 23.0 Å². The van der Waals surface area contributed by atoms with E-state index in [2.05, 4.69) is 20.6 Å². The minimum atomic E-state index is -0.726. The van der Waals surface area contributed by atoms with Crippen LogP contribution in [0.2, 0.25) is 0 Å². The molecule has 3 amide bonds. The largest absolute Gasteiger partial charge is 0.491 e. The molecule has 6 aromatic heterocycles. The van der Waals surface area contributed by atoms with Gasteiger partial charge in [-0.1, -0.05) is 12.2 Å². The Morgan fingerprint density at radius 1 is 0.634 bits per heavy atom. The van der Waals surface area contributed by atoms with E-state index < -0.39 is 29.3 Å². The number of aromatic nitrogens is 11. The number of nitrogens with one attached hydrogen (secondary N) is 1. The third-order valence-electron chi connectivity index (χ3n) is 12.8. The summed E-state index contributed by atoms with van der Waals surface area (Å²) in [4.78, 5) is 79.5. The first-order valence-electron chi connectivity index (χ1n) is 27.1. The summed E-state index contributed by atoms with van der Waals surface area (Å²) in [6.07, 6.45) is 5.88. The normalized spacial score (nSPS) is 11.8. The van der Waals surface area contributed by atoms with Crippen molar-refractivity contribution in [3.63, 3.8) is 0 Å². The van der Waals surface area contributed by atoms with E-state index in [-0.39, 0.29) is 101 Å². The van der Waals surface area contributed by atoms with Gasteiger partial charge in [-0.05, 0) is 105 Å². The van der Waals surface area contributed by atoms with Gasteiger partial charge in [0.15, 0.2) is 5.82 Å². The molecule has 0 saturated heterocycles. The summed E-state index contributed by atoms with van der Waals surface area (Å²) in [5.74, 6) is -1.60. The van der Waals surface area contributed by atoms with E-state index in [0.717, 1.165) is 5.69 Å². The molecule has 0 radical (unpaired) electrons. The highest BCUT2D eigenvalue weighted by Gasteiger charge is 2.25. The maximum Gasteiger partial charge on any atom is 0.356 e. The van der Waals surface area contributed by atoms with Gasteiger partial charge in [0.05, 0.1) is 74.2 Å². The molecule has 0 spiro atoms. The molecular weight excluding hydrogens is 1060 g/mol. The van der Waals surface area contributed by atoms with E-state index in [1.165, 1.54) is 12.1 Å². The molecule has 0 aliphatic rings. The molecule has 0 atom stereocenters. The van der Waals surface area contributed by atoms with E-state index in [0.29, 0.717) is 92.6 Å². The Hall–Kier alpha value is -8.97. The highest BCUT2D eigenvalue weighted by atomic mass is 16.6. The van der Waals surface area contributed by atoms with Gasteiger partial charge in [0.25, 0.3) is 5.91 Å². The number of carbonyl (C=O) groups is 5. The summed E-state index contributed by atoms with van der Waals surface area (Å²) in [6, 6.07) is 11.6. The van der Waals surface area contributed by atoms with Gasteiger partial charge < -0.3 is 49.0 Å². The van der Waals surface area contributed by atoms with Crippen LogP contribution < -0.4 is 26.3 Å². The number of carbonyl (C=O) groups excluding carboxylic acids is 5. The van der Waals surface area contributed by atoms with Gasteiger partial charge in [-0.15, -0.1) is 0 Å². The van der Waals surface area contributed by atoms with Crippen molar-refractivity contribution in [2.24, 2.45) is 11.5 Å². The molecule has 25 nitrogen and oxygen atoms in total. The zero-order valence-corrected chi connectivity index (χ0v) is 47.7. The first-order chi connectivity index (χ1) is 39.3. The lowest BCUT2D eigenvalue weighted by Gasteiger charge is -2.19. The molecule has 82 heavy (non-hydrogen) atoms. The Bertz CT molecular complexity index is 3690. The SMILES string of the molecule is CCn1nc(C)cc1C(=O)Nc1nc2cc(C(N)=O)cc(OCCCOC(=O)c3cc(C)nn3CC)c2n1CC=CCn1c2nc(-c3cc(C)nn3CC)ncc2c2cc(C(N)=O)cc(OCCOCCOCCC(=O)OC(C)(C)C)c21. The molecule has 0 fully saturated rings. The van der Waals surface area contributed by atoms with Crippen molar-refractivity contribution in [3.05, 3.63) is 100 Å². The minimum Gasteiger partial charge on any atom is -0.491 e. The summed E-state index contributed by atoms with van der Waals surface area (Å²) in [7, 11) is 0. The number of aryl methyl sites for hydroxylation is 6. The Balaban J connectivity index is 1.11. The van der Waals surface area contributed by atoms with Gasteiger partial charge in [0.2, 0.25) is 17.8 Å². The third-order valence-corrected chi connectivity index (χ3v) is 12.8. The topological polar surface area (TPSA) is 307 Å². The minimum absolute atomic E-state index is 0.0238. The first-order valence-corrected chi connectivity index (χ1v) is 27.1. The number of benzene rings is 2. The van der Waals surface area contributed by atoms with E-state index in [4.69, 9.17) is 54.8 Å². The van der Waals surface area contributed by atoms with Gasteiger partial charge in [0, 0.05) is 67.2 Å². The smallest absolute Gasteiger partial charge is 0.356 e. The Kier molecular flexibility index (Phi) is 18.8. The molecule has 0 saturated carbocycles. The predicted molar refractivity (Wildman–Crippen MR) is 304 cm³/mol. The number of anilines is 1. The number of esters is 2. The van der Waals surface area contributed by atoms with Crippen LogP contribution in [0, 0.1) is 20.8 Å².